The van der Waals surface area contributed by atoms with Gasteiger partial charge in [-0.15, -0.1) is 0 Å². The zero-order chi connectivity index (χ0) is 15.4. The van der Waals surface area contributed by atoms with Crippen molar-refractivity contribution in [2.45, 2.75) is 13.3 Å². The van der Waals surface area contributed by atoms with E-state index in [1.165, 1.54) is 6.07 Å². The average Bonchev–Trinajstić information content (AvgIpc) is 2.40. The van der Waals surface area contributed by atoms with Crippen molar-refractivity contribution in [1.29, 1.82) is 0 Å². The van der Waals surface area contributed by atoms with E-state index in [0.29, 0.717) is 28.7 Å². The molecule has 0 unspecified atom stereocenters. The van der Waals surface area contributed by atoms with E-state index in [4.69, 9.17) is 28.3 Å². The average molecular weight is 326 g/mol. The fraction of sp³-hybridized carbons (Fsp3) is 0.214. The number of hydrogen-bond acceptors (Lipinski definition) is 4. The number of carboxylic acid groups (broad SMARTS) is 1. The molecule has 2 rings (SSSR count). The van der Waals surface area contributed by atoms with Crippen molar-refractivity contribution < 1.29 is 9.90 Å². The van der Waals surface area contributed by atoms with Crippen LogP contribution in [0.3, 0.4) is 0 Å². The molecule has 5 nitrogen and oxygen atoms in total. The molecule has 1 aromatic carbocycles. The molecule has 0 aliphatic rings. The summed E-state index contributed by atoms with van der Waals surface area (Å²) in [7, 11) is 0. The van der Waals surface area contributed by atoms with Gasteiger partial charge in [-0.3, -0.25) is 0 Å². The van der Waals surface area contributed by atoms with Gasteiger partial charge in [0.15, 0.2) is 5.69 Å². The van der Waals surface area contributed by atoms with Gasteiger partial charge in [0.2, 0.25) is 5.95 Å². The maximum atomic E-state index is 10.9. The molecule has 1 aromatic heterocycles. The monoisotopic (exact) mass is 325 g/mol. The van der Waals surface area contributed by atoms with Gasteiger partial charge >= 0.3 is 5.97 Å². The SMILES string of the molecule is Cc1cc(C(=O)O)nc(NCCc2ccc(Cl)cc2Cl)n1. The minimum absolute atomic E-state index is 0.0328. The lowest BCUT2D eigenvalue weighted by Gasteiger charge is -2.08. The molecule has 0 radical (unpaired) electrons. The highest BCUT2D eigenvalue weighted by atomic mass is 35.5. The molecule has 110 valence electrons. The summed E-state index contributed by atoms with van der Waals surface area (Å²) in [6, 6.07) is 6.73. The Balaban J connectivity index is 2.01. The van der Waals surface area contributed by atoms with E-state index in [9.17, 15) is 4.79 Å². The van der Waals surface area contributed by atoms with Crippen LogP contribution in [-0.4, -0.2) is 27.6 Å². The van der Waals surface area contributed by atoms with Gasteiger partial charge in [0.1, 0.15) is 0 Å². The Morgan fingerprint density at radius 1 is 1.29 bits per heavy atom. The van der Waals surface area contributed by atoms with Crippen molar-refractivity contribution >= 4 is 35.1 Å². The first-order valence-corrected chi connectivity index (χ1v) is 6.98. The summed E-state index contributed by atoms with van der Waals surface area (Å²) in [6.07, 6.45) is 0.649. The van der Waals surface area contributed by atoms with Crippen LogP contribution in [0.5, 0.6) is 0 Å². The van der Waals surface area contributed by atoms with E-state index >= 15 is 0 Å². The number of benzene rings is 1. The second-order valence-corrected chi connectivity index (χ2v) is 5.28. The van der Waals surface area contributed by atoms with Crippen molar-refractivity contribution in [2.75, 3.05) is 11.9 Å². The van der Waals surface area contributed by atoms with Gasteiger partial charge in [-0.25, -0.2) is 14.8 Å². The minimum atomic E-state index is -1.08. The number of nitrogens with one attached hydrogen (secondary N) is 1. The number of aryl methyl sites for hydroxylation is 1. The van der Waals surface area contributed by atoms with Crippen LogP contribution in [0, 0.1) is 6.92 Å². The summed E-state index contributed by atoms with van der Waals surface area (Å²) in [5, 5.41) is 13.1. The summed E-state index contributed by atoms with van der Waals surface area (Å²) in [5.74, 6) is -0.790. The lowest BCUT2D eigenvalue weighted by molar-refractivity contribution is 0.0690. The highest BCUT2D eigenvalue weighted by Crippen LogP contribution is 2.21. The van der Waals surface area contributed by atoms with E-state index in [2.05, 4.69) is 15.3 Å². The van der Waals surface area contributed by atoms with Gasteiger partial charge in [-0.05, 0) is 37.1 Å². The van der Waals surface area contributed by atoms with Gasteiger partial charge in [0.25, 0.3) is 0 Å². The molecule has 0 atom stereocenters. The van der Waals surface area contributed by atoms with Crippen LogP contribution < -0.4 is 5.32 Å². The Morgan fingerprint density at radius 2 is 2.05 bits per heavy atom. The predicted molar refractivity (Wildman–Crippen MR) is 82.4 cm³/mol. The number of hydrogen-bond donors (Lipinski definition) is 2. The van der Waals surface area contributed by atoms with Crippen molar-refractivity contribution in [2.24, 2.45) is 0 Å². The topological polar surface area (TPSA) is 75.1 Å². The number of halogens is 2. The lowest BCUT2D eigenvalue weighted by Crippen LogP contribution is -2.11. The molecule has 0 spiro atoms. The van der Waals surface area contributed by atoms with Gasteiger partial charge < -0.3 is 10.4 Å². The van der Waals surface area contributed by atoms with E-state index in [1.54, 1.807) is 19.1 Å². The number of aromatic nitrogens is 2. The molecule has 0 aliphatic carbocycles. The molecule has 1 heterocycles. The Hall–Kier alpha value is -1.85. The molecule has 0 fully saturated rings. The zero-order valence-corrected chi connectivity index (χ0v) is 12.7. The van der Waals surface area contributed by atoms with Gasteiger partial charge in [-0.1, -0.05) is 29.3 Å². The molecule has 0 saturated heterocycles. The quantitative estimate of drug-likeness (QED) is 0.880. The highest BCUT2D eigenvalue weighted by molar-refractivity contribution is 6.35. The smallest absolute Gasteiger partial charge is 0.354 e. The van der Waals surface area contributed by atoms with Crippen LogP contribution in [0.4, 0.5) is 5.95 Å². The first-order chi connectivity index (χ1) is 9.95. The molecule has 2 N–H and O–H groups in total. The number of aromatic carboxylic acids is 1. The minimum Gasteiger partial charge on any atom is -0.477 e. The number of rotatable bonds is 5. The van der Waals surface area contributed by atoms with Crippen LogP contribution in [0.25, 0.3) is 0 Å². The molecule has 0 aliphatic heterocycles. The molecule has 0 amide bonds. The number of nitrogens with zero attached hydrogens (tertiary/aromatic N) is 2. The Morgan fingerprint density at radius 3 is 2.71 bits per heavy atom. The van der Waals surface area contributed by atoms with E-state index in [1.807, 2.05) is 6.07 Å². The Bertz CT molecular complexity index is 677. The molecular formula is C14H13Cl2N3O2. The standard InChI is InChI=1S/C14H13Cl2N3O2/c1-8-6-12(13(20)21)19-14(18-8)17-5-4-9-2-3-10(15)7-11(9)16/h2-3,6-7H,4-5H2,1H3,(H,20,21)(H,17,18,19). The second-order valence-electron chi connectivity index (χ2n) is 4.44. The lowest BCUT2D eigenvalue weighted by atomic mass is 10.1. The Kier molecular flexibility index (Phi) is 4.98. The summed E-state index contributed by atoms with van der Waals surface area (Å²) in [4.78, 5) is 19.0. The van der Waals surface area contributed by atoms with Crippen LogP contribution in [0.2, 0.25) is 10.0 Å². The fourth-order valence-corrected chi connectivity index (χ4v) is 2.29. The van der Waals surface area contributed by atoms with Gasteiger partial charge in [0, 0.05) is 22.3 Å². The first-order valence-electron chi connectivity index (χ1n) is 6.22. The molecule has 7 heteroatoms. The second kappa shape index (κ2) is 6.74. The summed E-state index contributed by atoms with van der Waals surface area (Å²) >= 11 is 11.9. The third-order valence-electron chi connectivity index (χ3n) is 2.77. The molecule has 0 saturated carbocycles. The first kappa shape index (κ1) is 15.5. The van der Waals surface area contributed by atoms with Crippen LogP contribution in [0.1, 0.15) is 21.7 Å². The van der Waals surface area contributed by atoms with Crippen LogP contribution >= 0.6 is 23.2 Å². The highest BCUT2D eigenvalue weighted by Gasteiger charge is 2.08. The predicted octanol–water partition coefficient (Wildman–Crippen LogP) is 3.44. The third-order valence-corrected chi connectivity index (χ3v) is 3.35. The van der Waals surface area contributed by atoms with E-state index in [0.717, 1.165) is 5.56 Å². The molecular weight excluding hydrogens is 313 g/mol. The maximum Gasteiger partial charge on any atom is 0.354 e. The zero-order valence-electron chi connectivity index (χ0n) is 11.2. The third kappa shape index (κ3) is 4.31. The molecule has 2 aromatic rings. The molecule has 0 bridgehead atoms. The number of carboxylic acids is 1. The van der Waals surface area contributed by atoms with Crippen molar-refractivity contribution in [1.82, 2.24) is 9.97 Å². The summed E-state index contributed by atoms with van der Waals surface area (Å²) < 4.78 is 0. The summed E-state index contributed by atoms with van der Waals surface area (Å²) in [6.45, 7) is 2.25. The maximum absolute atomic E-state index is 10.9. The summed E-state index contributed by atoms with van der Waals surface area (Å²) in [5.41, 5.74) is 1.50. The Labute approximate surface area is 131 Å². The molecule has 21 heavy (non-hydrogen) atoms. The normalized spacial score (nSPS) is 10.4. The van der Waals surface area contributed by atoms with Gasteiger partial charge in [-0.2, -0.15) is 0 Å². The van der Waals surface area contributed by atoms with Crippen molar-refractivity contribution in [3.63, 3.8) is 0 Å². The van der Waals surface area contributed by atoms with E-state index in [-0.39, 0.29) is 11.6 Å². The van der Waals surface area contributed by atoms with Crippen molar-refractivity contribution in [3.8, 4) is 0 Å². The van der Waals surface area contributed by atoms with Crippen LogP contribution in [-0.2, 0) is 6.42 Å². The fourth-order valence-electron chi connectivity index (χ4n) is 1.79. The van der Waals surface area contributed by atoms with Crippen molar-refractivity contribution in [3.05, 3.63) is 51.3 Å². The largest absolute Gasteiger partial charge is 0.477 e. The van der Waals surface area contributed by atoms with Gasteiger partial charge in [0.05, 0.1) is 0 Å². The number of anilines is 1. The van der Waals surface area contributed by atoms with E-state index < -0.39 is 5.97 Å². The van der Waals surface area contributed by atoms with Crippen LogP contribution in [0.15, 0.2) is 24.3 Å². The number of carbonyl (C=O) groups is 1.